The van der Waals surface area contributed by atoms with Gasteiger partial charge in [-0.25, -0.2) is 4.79 Å². The number of nitrogens with two attached hydrogens (primary N) is 1. The van der Waals surface area contributed by atoms with Crippen molar-refractivity contribution in [3.05, 3.63) is 58.2 Å². The first-order chi connectivity index (χ1) is 13.5. The molecule has 146 valence electrons. The lowest BCUT2D eigenvalue weighted by atomic mass is 9.83. The van der Waals surface area contributed by atoms with E-state index in [1.165, 1.54) is 0 Å². The van der Waals surface area contributed by atoms with Crippen LogP contribution in [0.3, 0.4) is 0 Å². The number of benzene rings is 1. The van der Waals surface area contributed by atoms with Crippen molar-refractivity contribution in [2.45, 2.75) is 32.6 Å². The van der Waals surface area contributed by atoms with Gasteiger partial charge in [0.1, 0.15) is 17.4 Å². The molecule has 0 saturated carbocycles. The zero-order valence-corrected chi connectivity index (χ0v) is 16.0. The van der Waals surface area contributed by atoms with Crippen LogP contribution in [0.1, 0.15) is 48.5 Å². The third-order valence-corrected chi connectivity index (χ3v) is 4.99. The molecule has 1 aromatic rings. The predicted molar refractivity (Wildman–Crippen MR) is 102 cm³/mol. The molecular formula is C21H23N3O4. The summed E-state index contributed by atoms with van der Waals surface area (Å²) in [6.45, 7) is 5.07. The average Bonchev–Trinajstić information content (AvgIpc) is 3.22. The lowest BCUT2D eigenvalue weighted by molar-refractivity contribution is -0.139. The van der Waals surface area contributed by atoms with Gasteiger partial charge < -0.3 is 20.1 Å². The van der Waals surface area contributed by atoms with Crippen LogP contribution >= 0.6 is 0 Å². The molecule has 0 radical (unpaired) electrons. The summed E-state index contributed by atoms with van der Waals surface area (Å²) in [7, 11) is 0. The third-order valence-electron chi connectivity index (χ3n) is 4.99. The zero-order valence-electron chi connectivity index (χ0n) is 16.0. The lowest BCUT2D eigenvalue weighted by Gasteiger charge is -2.27. The summed E-state index contributed by atoms with van der Waals surface area (Å²) in [6, 6.07) is 8.97. The van der Waals surface area contributed by atoms with Gasteiger partial charge in [-0.05, 0) is 44.4 Å². The van der Waals surface area contributed by atoms with Gasteiger partial charge in [-0.3, -0.25) is 4.79 Å². The van der Waals surface area contributed by atoms with Gasteiger partial charge in [0.25, 0.3) is 5.91 Å². The summed E-state index contributed by atoms with van der Waals surface area (Å²) in [5.74, 6) is -0.993. The topological polar surface area (TPSA) is 106 Å². The second-order valence-electron chi connectivity index (χ2n) is 6.74. The number of likely N-dealkylation sites (tertiary alicyclic amines) is 1. The van der Waals surface area contributed by atoms with E-state index in [1.807, 2.05) is 11.0 Å². The Bertz CT molecular complexity index is 887. The molecule has 28 heavy (non-hydrogen) atoms. The van der Waals surface area contributed by atoms with Crippen LogP contribution in [0, 0.1) is 11.3 Å². The Labute approximate surface area is 164 Å². The highest BCUT2D eigenvalue weighted by Crippen LogP contribution is 2.39. The molecule has 2 aliphatic heterocycles. The zero-order chi connectivity index (χ0) is 20.3. The van der Waals surface area contributed by atoms with Crippen molar-refractivity contribution in [1.82, 2.24) is 4.90 Å². The molecule has 2 aliphatic rings. The molecule has 7 nitrogen and oxygen atoms in total. The molecule has 0 aromatic heterocycles. The highest BCUT2D eigenvalue weighted by molar-refractivity contribution is 5.95. The maximum absolute atomic E-state index is 12.6. The number of hydrogen-bond acceptors (Lipinski definition) is 6. The molecule has 0 spiro atoms. The fraction of sp³-hybridized carbons (Fsp3) is 0.381. The van der Waals surface area contributed by atoms with E-state index in [0.29, 0.717) is 16.9 Å². The van der Waals surface area contributed by atoms with Crippen molar-refractivity contribution in [3.63, 3.8) is 0 Å². The number of nitriles is 1. The van der Waals surface area contributed by atoms with Gasteiger partial charge in [-0.15, -0.1) is 0 Å². The monoisotopic (exact) mass is 381 g/mol. The molecule has 2 heterocycles. The number of rotatable bonds is 4. The maximum atomic E-state index is 12.6. The number of carbonyl (C=O) groups is 2. The molecule has 0 bridgehead atoms. The molecule has 0 aliphatic carbocycles. The number of ether oxygens (including phenoxy) is 2. The number of esters is 1. The Morgan fingerprint density at radius 1 is 1.29 bits per heavy atom. The minimum Gasteiger partial charge on any atom is -0.463 e. The standard InChI is InChI=1S/C21H23N3O4/c1-3-27-21(26)17-13(2)28-19(23)16(12-22)18(17)14-6-8-15(9-7-14)20(25)24-10-4-5-11-24/h6-9,18H,3-5,10-11,23H2,1-2H3. The molecule has 1 aromatic carbocycles. The quantitative estimate of drug-likeness (QED) is 0.804. The first-order valence-electron chi connectivity index (χ1n) is 9.32. The third kappa shape index (κ3) is 3.58. The molecule has 3 rings (SSSR count). The van der Waals surface area contributed by atoms with Gasteiger partial charge in [0.2, 0.25) is 5.88 Å². The van der Waals surface area contributed by atoms with Crippen molar-refractivity contribution in [2.75, 3.05) is 19.7 Å². The fourth-order valence-electron chi connectivity index (χ4n) is 3.61. The van der Waals surface area contributed by atoms with E-state index in [9.17, 15) is 14.9 Å². The normalized spacial score (nSPS) is 19.3. The van der Waals surface area contributed by atoms with Crippen LogP contribution in [0.4, 0.5) is 0 Å². The van der Waals surface area contributed by atoms with Crippen molar-refractivity contribution in [2.24, 2.45) is 5.73 Å². The van der Waals surface area contributed by atoms with E-state index in [0.717, 1.165) is 25.9 Å². The Balaban J connectivity index is 1.97. The highest BCUT2D eigenvalue weighted by Gasteiger charge is 2.36. The summed E-state index contributed by atoms with van der Waals surface area (Å²) in [5.41, 5.74) is 7.53. The lowest BCUT2D eigenvalue weighted by Crippen LogP contribution is -2.28. The minimum absolute atomic E-state index is 0.0103. The van der Waals surface area contributed by atoms with Gasteiger partial charge in [-0.2, -0.15) is 5.26 Å². The molecule has 1 atom stereocenters. The first-order valence-corrected chi connectivity index (χ1v) is 9.32. The second-order valence-corrected chi connectivity index (χ2v) is 6.74. The minimum atomic E-state index is -0.700. The molecule has 2 N–H and O–H groups in total. The molecule has 1 saturated heterocycles. The van der Waals surface area contributed by atoms with Gasteiger partial charge >= 0.3 is 5.97 Å². The summed E-state index contributed by atoms with van der Waals surface area (Å²) in [6.07, 6.45) is 2.04. The maximum Gasteiger partial charge on any atom is 0.338 e. The van der Waals surface area contributed by atoms with Crippen molar-refractivity contribution in [3.8, 4) is 6.07 Å². The van der Waals surface area contributed by atoms with E-state index in [-0.39, 0.29) is 29.5 Å². The number of amides is 1. The van der Waals surface area contributed by atoms with E-state index in [2.05, 4.69) is 0 Å². The van der Waals surface area contributed by atoms with Gasteiger partial charge in [0.05, 0.1) is 18.1 Å². The molecule has 1 amide bonds. The van der Waals surface area contributed by atoms with Crippen molar-refractivity contribution < 1.29 is 19.1 Å². The number of nitrogens with zero attached hydrogens (tertiary/aromatic N) is 2. The van der Waals surface area contributed by atoms with Gasteiger partial charge in [0, 0.05) is 18.7 Å². The first kappa shape index (κ1) is 19.5. The van der Waals surface area contributed by atoms with Crippen LogP contribution in [0.2, 0.25) is 0 Å². The van der Waals surface area contributed by atoms with Crippen LogP contribution in [0.5, 0.6) is 0 Å². The van der Waals surface area contributed by atoms with Crippen LogP contribution in [0.15, 0.2) is 47.1 Å². The highest BCUT2D eigenvalue weighted by atomic mass is 16.5. The van der Waals surface area contributed by atoms with E-state index in [1.54, 1.807) is 38.1 Å². The van der Waals surface area contributed by atoms with Crippen molar-refractivity contribution in [1.29, 1.82) is 5.26 Å². The molecule has 1 fully saturated rings. The Kier molecular flexibility index (Phi) is 5.69. The Hall–Kier alpha value is -3.27. The predicted octanol–water partition coefficient (Wildman–Crippen LogP) is 2.57. The van der Waals surface area contributed by atoms with E-state index < -0.39 is 11.9 Å². The van der Waals surface area contributed by atoms with E-state index in [4.69, 9.17) is 15.2 Å². The average molecular weight is 381 g/mol. The fourth-order valence-corrected chi connectivity index (χ4v) is 3.61. The Morgan fingerprint density at radius 2 is 1.93 bits per heavy atom. The van der Waals surface area contributed by atoms with Crippen LogP contribution in [-0.2, 0) is 14.3 Å². The van der Waals surface area contributed by atoms with Crippen LogP contribution < -0.4 is 5.73 Å². The molecular weight excluding hydrogens is 358 g/mol. The summed E-state index contributed by atoms with van der Waals surface area (Å²) in [5, 5.41) is 9.59. The van der Waals surface area contributed by atoms with Crippen LogP contribution in [-0.4, -0.2) is 36.5 Å². The Morgan fingerprint density at radius 3 is 2.50 bits per heavy atom. The van der Waals surface area contributed by atoms with E-state index >= 15 is 0 Å². The number of carbonyl (C=O) groups excluding carboxylic acids is 2. The van der Waals surface area contributed by atoms with Gasteiger partial charge in [0.15, 0.2) is 0 Å². The van der Waals surface area contributed by atoms with Crippen LogP contribution in [0.25, 0.3) is 0 Å². The smallest absolute Gasteiger partial charge is 0.338 e. The molecule has 7 heteroatoms. The summed E-state index contributed by atoms with van der Waals surface area (Å²) >= 11 is 0. The summed E-state index contributed by atoms with van der Waals surface area (Å²) < 4.78 is 10.6. The SMILES string of the molecule is CCOC(=O)C1=C(C)OC(N)=C(C#N)C1c1ccc(C(=O)N2CCCC2)cc1. The second kappa shape index (κ2) is 8.17. The molecule has 1 unspecified atom stereocenters. The summed E-state index contributed by atoms with van der Waals surface area (Å²) in [4.78, 5) is 26.9. The largest absolute Gasteiger partial charge is 0.463 e. The van der Waals surface area contributed by atoms with Crippen molar-refractivity contribution >= 4 is 11.9 Å². The number of hydrogen-bond donors (Lipinski definition) is 1. The number of allylic oxidation sites excluding steroid dienone is 2. The van der Waals surface area contributed by atoms with Gasteiger partial charge in [-0.1, -0.05) is 12.1 Å².